The molecule has 156 valence electrons. The first-order valence-electron chi connectivity index (χ1n) is 10.2. The third kappa shape index (κ3) is 4.03. The van der Waals surface area contributed by atoms with Crippen molar-refractivity contribution in [1.82, 2.24) is 19.7 Å². The van der Waals surface area contributed by atoms with Crippen LogP contribution in [0.15, 0.2) is 52.6 Å². The number of fused-ring (bicyclic) bond motifs is 1. The maximum absolute atomic E-state index is 13.8. The van der Waals surface area contributed by atoms with Gasteiger partial charge in [0.2, 0.25) is 0 Å². The minimum absolute atomic E-state index is 0.0441. The van der Waals surface area contributed by atoms with E-state index in [-0.39, 0.29) is 17.9 Å². The zero-order chi connectivity index (χ0) is 21.3. The summed E-state index contributed by atoms with van der Waals surface area (Å²) in [6, 6.07) is 9.87. The summed E-state index contributed by atoms with van der Waals surface area (Å²) in [5.41, 5.74) is 2.29. The summed E-state index contributed by atoms with van der Waals surface area (Å²) in [4.78, 5) is 21.6. The molecule has 4 aromatic heterocycles. The van der Waals surface area contributed by atoms with Crippen LogP contribution in [0.3, 0.4) is 0 Å². The lowest BCUT2D eigenvalue weighted by atomic mass is 10.0. The second-order valence-corrected chi connectivity index (χ2v) is 9.02. The monoisotopic (exact) mass is 422 g/mol. The number of amides is 1. The minimum atomic E-state index is -0.0441. The average molecular weight is 423 g/mol. The average Bonchev–Trinajstić information content (AvgIpc) is 3.47. The Labute approximate surface area is 180 Å². The fourth-order valence-electron chi connectivity index (χ4n) is 3.44. The van der Waals surface area contributed by atoms with Gasteiger partial charge in [0.15, 0.2) is 5.65 Å². The van der Waals surface area contributed by atoms with Crippen molar-refractivity contribution < 1.29 is 9.21 Å². The Hall–Kier alpha value is -2.93. The van der Waals surface area contributed by atoms with Gasteiger partial charge in [0.1, 0.15) is 5.76 Å². The second kappa shape index (κ2) is 8.44. The molecule has 0 bridgehead atoms. The summed E-state index contributed by atoms with van der Waals surface area (Å²) in [6.45, 7) is 9.24. The standard InChI is InChI=1S/C23H26N4O2S/c1-15(2)21-11-19(20-12-24-27(16(3)4)22(20)25-21)23(28)26(13-17-7-5-9-29-17)14-18-8-6-10-30-18/h5-12,15-16H,13-14H2,1-4H3. The first-order valence-corrected chi connectivity index (χ1v) is 11.0. The Morgan fingerprint density at radius 3 is 2.67 bits per heavy atom. The minimum Gasteiger partial charge on any atom is -0.467 e. The molecule has 0 N–H and O–H groups in total. The third-order valence-electron chi connectivity index (χ3n) is 5.04. The molecule has 0 saturated heterocycles. The first kappa shape index (κ1) is 20.3. The van der Waals surface area contributed by atoms with E-state index in [9.17, 15) is 4.79 Å². The van der Waals surface area contributed by atoms with E-state index in [2.05, 4.69) is 32.8 Å². The van der Waals surface area contributed by atoms with E-state index in [1.165, 1.54) is 0 Å². The lowest BCUT2D eigenvalue weighted by Crippen LogP contribution is -2.30. The molecule has 1 amide bonds. The van der Waals surface area contributed by atoms with Crippen molar-refractivity contribution in [1.29, 1.82) is 0 Å². The number of hydrogen-bond acceptors (Lipinski definition) is 5. The number of carbonyl (C=O) groups is 1. The first-order chi connectivity index (χ1) is 14.4. The molecule has 0 aliphatic heterocycles. The molecule has 0 fully saturated rings. The number of thiophene rings is 1. The van der Waals surface area contributed by atoms with E-state index >= 15 is 0 Å². The summed E-state index contributed by atoms with van der Waals surface area (Å²) < 4.78 is 7.42. The Balaban J connectivity index is 1.79. The van der Waals surface area contributed by atoms with Crippen LogP contribution in [-0.4, -0.2) is 25.6 Å². The molecule has 0 radical (unpaired) electrons. The number of nitrogens with zero attached hydrogens (tertiary/aromatic N) is 4. The summed E-state index contributed by atoms with van der Waals surface area (Å²) in [6.07, 6.45) is 3.40. The van der Waals surface area contributed by atoms with Crippen molar-refractivity contribution in [3.05, 3.63) is 70.1 Å². The van der Waals surface area contributed by atoms with Crippen LogP contribution in [0.25, 0.3) is 11.0 Å². The van der Waals surface area contributed by atoms with Crippen molar-refractivity contribution in [2.75, 3.05) is 0 Å². The smallest absolute Gasteiger partial charge is 0.255 e. The zero-order valence-corrected chi connectivity index (χ0v) is 18.5. The Morgan fingerprint density at radius 1 is 1.20 bits per heavy atom. The maximum atomic E-state index is 13.8. The van der Waals surface area contributed by atoms with Gasteiger partial charge in [0, 0.05) is 16.6 Å². The molecule has 0 aliphatic carbocycles. The molecule has 6 nitrogen and oxygen atoms in total. The van der Waals surface area contributed by atoms with Gasteiger partial charge in [-0.05, 0) is 49.4 Å². The summed E-state index contributed by atoms with van der Waals surface area (Å²) in [5, 5.41) is 7.33. The van der Waals surface area contributed by atoms with Crippen molar-refractivity contribution in [2.45, 2.75) is 52.7 Å². The van der Waals surface area contributed by atoms with E-state index in [4.69, 9.17) is 9.40 Å². The molecule has 0 unspecified atom stereocenters. The molecule has 30 heavy (non-hydrogen) atoms. The van der Waals surface area contributed by atoms with Crippen LogP contribution >= 0.6 is 11.3 Å². The van der Waals surface area contributed by atoms with Crippen molar-refractivity contribution in [2.24, 2.45) is 0 Å². The molecule has 7 heteroatoms. The number of hydrogen-bond donors (Lipinski definition) is 0. The second-order valence-electron chi connectivity index (χ2n) is 7.99. The summed E-state index contributed by atoms with van der Waals surface area (Å²) in [5.74, 6) is 0.914. The normalized spacial score (nSPS) is 11.7. The van der Waals surface area contributed by atoms with Crippen molar-refractivity contribution in [3.8, 4) is 0 Å². The highest BCUT2D eigenvalue weighted by Crippen LogP contribution is 2.27. The van der Waals surface area contributed by atoms with E-state index in [1.807, 2.05) is 45.3 Å². The SMILES string of the molecule is CC(C)c1cc(C(=O)N(Cc2ccco2)Cc2cccs2)c2cnn(C(C)C)c2n1. The van der Waals surface area contributed by atoms with Crippen molar-refractivity contribution in [3.63, 3.8) is 0 Å². The van der Waals surface area contributed by atoms with E-state index < -0.39 is 0 Å². The number of rotatable bonds is 7. The molecular weight excluding hydrogens is 396 g/mol. The van der Waals surface area contributed by atoms with Crippen LogP contribution in [0.4, 0.5) is 0 Å². The molecule has 4 rings (SSSR count). The van der Waals surface area contributed by atoms with Crippen LogP contribution in [0, 0.1) is 0 Å². The highest BCUT2D eigenvalue weighted by molar-refractivity contribution is 7.09. The predicted octanol–water partition coefficient (Wildman–Crippen LogP) is 5.63. The van der Waals surface area contributed by atoms with Crippen LogP contribution in [0.5, 0.6) is 0 Å². The topological polar surface area (TPSA) is 64.2 Å². The number of aromatic nitrogens is 3. The molecule has 4 heterocycles. The van der Waals surface area contributed by atoms with Gasteiger partial charge in [-0.15, -0.1) is 11.3 Å². The fourth-order valence-corrected chi connectivity index (χ4v) is 4.16. The van der Waals surface area contributed by atoms with Gasteiger partial charge >= 0.3 is 0 Å². The van der Waals surface area contributed by atoms with Crippen LogP contribution in [-0.2, 0) is 13.1 Å². The molecule has 0 aliphatic rings. The number of carbonyl (C=O) groups excluding carboxylic acids is 1. The number of furan rings is 1. The molecule has 0 saturated carbocycles. The highest BCUT2D eigenvalue weighted by Gasteiger charge is 2.24. The van der Waals surface area contributed by atoms with Gasteiger partial charge in [0.25, 0.3) is 5.91 Å². The van der Waals surface area contributed by atoms with E-state index in [0.29, 0.717) is 18.7 Å². The Morgan fingerprint density at radius 2 is 2.03 bits per heavy atom. The van der Waals surface area contributed by atoms with E-state index in [1.54, 1.807) is 23.8 Å². The van der Waals surface area contributed by atoms with Crippen LogP contribution in [0.1, 0.15) is 66.3 Å². The van der Waals surface area contributed by atoms with Gasteiger partial charge < -0.3 is 9.32 Å². The lowest BCUT2D eigenvalue weighted by Gasteiger charge is -2.22. The van der Waals surface area contributed by atoms with Crippen LogP contribution in [0.2, 0.25) is 0 Å². The van der Waals surface area contributed by atoms with Crippen LogP contribution < -0.4 is 0 Å². The molecule has 0 atom stereocenters. The lowest BCUT2D eigenvalue weighted by molar-refractivity contribution is 0.0721. The van der Waals surface area contributed by atoms with E-state index in [0.717, 1.165) is 27.4 Å². The van der Waals surface area contributed by atoms with Gasteiger partial charge in [-0.2, -0.15) is 5.10 Å². The van der Waals surface area contributed by atoms with Crippen molar-refractivity contribution >= 4 is 28.3 Å². The third-order valence-corrected chi connectivity index (χ3v) is 5.90. The van der Waals surface area contributed by atoms with Gasteiger partial charge in [0.05, 0.1) is 36.5 Å². The molecular formula is C23H26N4O2S. The number of pyridine rings is 1. The predicted molar refractivity (Wildman–Crippen MR) is 119 cm³/mol. The summed E-state index contributed by atoms with van der Waals surface area (Å²) >= 11 is 1.64. The summed E-state index contributed by atoms with van der Waals surface area (Å²) in [7, 11) is 0. The largest absolute Gasteiger partial charge is 0.467 e. The molecule has 0 aromatic carbocycles. The Kier molecular flexibility index (Phi) is 5.72. The van der Waals surface area contributed by atoms with Gasteiger partial charge in [-0.25, -0.2) is 9.67 Å². The van der Waals surface area contributed by atoms with Gasteiger partial charge in [-0.3, -0.25) is 4.79 Å². The molecule has 4 aromatic rings. The highest BCUT2D eigenvalue weighted by atomic mass is 32.1. The maximum Gasteiger partial charge on any atom is 0.255 e. The Bertz CT molecular complexity index is 1090. The quantitative estimate of drug-likeness (QED) is 0.387. The fraction of sp³-hybridized carbons (Fsp3) is 0.348. The molecule has 0 spiro atoms. The van der Waals surface area contributed by atoms with Gasteiger partial charge in [-0.1, -0.05) is 19.9 Å². The zero-order valence-electron chi connectivity index (χ0n) is 17.7.